The van der Waals surface area contributed by atoms with E-state index in [2.05, 4.69) is 43.0 Å². The van der Waals surface area contributed by atoms with Crippen LogP contribution in [0.2, 0.25) is 0 Å². The molecule has 1 aliphatic heterocycles. The molecule has 1 aromatic heterocycles. The lowest BCUT2D eigenvalue weighted by Gasteiger charge is -2.36. The van der Waals surface area contributed by atoms with E-state index in [4.69, 9.17) is 9.97 Å². The molecule has 0 spiro atoms. The summed E-state index contributed by atoms with van der Waals surface area (Å²) in [6.45, 7) is 8.84. The molecule has 2 aromatic carbocycles. The molecule has 154 valence electrons. The van der Waals surface area contributed by atoms with Crippen molar-refractivity contribution in [1.29, 1.82) is 0 Å². The Morgan fingerprint density at radius 1 is 0.900 bits per heavy atom. The zero-order chi connectivity index (χ0) is 21.1. The van der Waals surface area contributed by atoms with E-state index in [-0.39, 0.29) is 5.91 Å². The van der Waals surface area contributed by atoms with Crippen LogP contribution >= 0.6 is 0 Å². The van der Waals surface area contributed by atoms with Gasteiger partial charge in [0.15, 0.2) is 5.82 Å². The maximum Gasteiger partial charge on any atom is 0.219 e. The van der Waals surface area contributed by atoms with Crippen molar-refractivity contribution in [2.45, 2.75) is 27.2 Å². The first-order valence-electron chi connectivity index (χ1n) is 10.5. The molecule has 5 nitrogen and oxygen atoms in total. The third-order valence-electron chi connectivity index (χ3n) is 5.75. The molecule has 1 amide bonds. The minimum atomic E-state index is 0.137. The minimum absolute atomic E-state index is 0.137. The van der Waals surface area contributed by atoms with E-state index in [0.29, 0.717) is 0 Å². The standard InChI is InChI=1S/C25H28N4O/c1-18-9-11-21(12-10-18)17-23-19(2)26-24(22-7-5-4-6-8-22)27-25(23)29-15-13-28(14-16-29)20(3)30/h4-12H,13-17H2,1-3H3. The van der Waals surface area contributed by atoms with Crippen LogP contribution in [0.25, 0.3) is 11.4 Å². The monoisotopic (exact) mass is 400 g/mol. The lowest BCUT2D eigenvalue weighted by molar-refractivity contribution is -0.129. The van der Waals surface area contributed by atoms with Gasteiger partial charge in [-0.15, -0.1) is 0 Å². The van der Waals surface area contributed by atoms with Crippen molar-refractivity contribution in [2.75, 3.05) is 31.1 Å². The molecule has 0 aliphatic carbocycles. The largest absolute Gasteiger partial charge is 0.353 e. The second-order valence-electron chi connectivity index (χ2n) is 7.96. The Morgan fingerprint density at radius 3 is 2.20 bits per heavy atom. The van der Waals surface area contributed by atoms with Crippen LogP contribution in [0.15, 0.2) is 54.6 Å². The molecule has 0 atom stereocenters. The number of aryl methyl sites for hydroxylation is 2. The predicted octanol–water partition coefficient (Wildman–Crippen LogP) is 4.02. The lowest BCUT2D eigenvalue weighted by atomic mass is 10.0. The van der Waals surface area contributed by atoms with Crippen molar-refractivity contribution in [3.05, 3.63) is 77.0 Å². The Kier molecular flexibility index (Phi) is 5.79. The highest BCUT2D eigenvalue weighted by molar-refractivity contribution is 5.73. The van der Waals surface area contributed by atoms with Gasteiger partial charge >= 0.3 is 0 Å². The SMILES string of the molecule is CC(=O)N1CCN(c2nc(-c3ccccc3)nc(C)c2Cc2ccc(C)cc2)CC1. The smallest absolute Gasteiger partial charge is 0.219 e. The summed E-state index contributed by atoms with van der Waals surface area (Å²) in [6, 6.07) is 18.8. The first-order valence-corrected chi connectivity index (χ1v) is 10.5. The fraction of sp³-hybridized carbons (Fsp3) is 0.320. The van der Waals surface area contributed by atoms with E-state index in [1.54, 1.807) is 6.92 Å². The summed E-state index contributed by atoms with van der Waals surface area (Å²) in [6.07, 6.45) is 0.795. The fourth-order valence-electron chi connectivity index (χ4n) is 3.91. The number of amides is 1. The molecular weight excluding hydrogens is 372 g/mol. The zero-order valence-corrected chi connectivity index (χ0v) is 17.9. The summed E-state index contributed by atoms with van der Waals surface area (Å²) in [5.74, 6) is 1.88. The quantitative estimate of drug-likeness (QED) is 0.664. The molecule has 0 radical (unpaired) electrons. The average Bonchev–Trinajstić information content (AvgIpc) is 2.77. The number of nitrogens with zero attached hydrogens (tertiary/aromatic N) is 4. The van der Waals surface area contributed by atoms with Crippen molar-refractivity contribution < 1.29 is 4.79 Å². The molecule has 5 heteroatoms. The van der Waals surface area contributed by atoms with Crippen LogP contribution < -0.4 is 4.90 Å². The third-order valence-corrected chi connectivity index (χ3v) is 5.75. The normalized spacial score (nSPS) is 14.1. The summed E-state index contributed by atoms with van der Waals surface area (Å²) in [4.78, 5) is 25.8. The number of anilines is 1. The second-order valence-corrected chi connectivity index (χ2v) is 7.96. The molecule has 0 saturated carbocycles. The van der Waals surface area contributed by atoms with Gasteiger partial charge in [0.1, 0.15) is 5.82 Å². The van der Waals surface area contributed by atoms with E-state index in [1.165, 1.54) is 11.1 Å². The summed E-state index contributed by atoms with van der Waals surface area (Å²) in [5.41, 5.74) is 5.70. The topological polar surface area (TPSA) is 49.3 Å². The van der Waals surface area contributed by atoms with Gasteiger partial charge in [-0.1, -0.05) is 60.2 Å². The number of carbonyl (C=O) groups excluding carboxylic acids is 1. The third kappa shape index (κ3) is 4.35. The van der Waals surface area contributed by atoms with E-state index < -0.39 is 0 Å². The van der Waals surface area contributed by atoms with Crippen LogP contribution in [0.1, 0.15) is 29.3 Å². The minimum Gasteiger partial charge on any atom is -0.353 e. The van der Waals surface area contributed by atoms with Crippen molar-refractivity contribution in [1.82, 2.24) is 14.9 Å². The maximum atomic E-state index is 11.8. The molecule has 1 saturated heterocycles. The second kappa shape index (κ2) is 8.66. The highest BCUT2D eigenvalue weighted by atomic mass is 16.2. The van der Waals surface area contributed by atoms with Crippen molar-refractivity contribution >= 4 is 11.7 Å². The molecule has 0 bridgehead atoms. The molecular formula is C25H28N4O. The summed E-state index contributed by atoms with van der Waals surface area (Å²) < 4.78 is 0. The number of aromatic nitrogens is 2. The number of carbonyl (C=O) groups is 1. The molecule has 1 fully saturated rings. The maximum absolute atomic E-state index is 11.8. The highest BCUT2D eigenvalue weighted by Gasteiger charge is 2.24. The van der Waals surface area contributed by atoms with E-state index in [0.717, 1.165) is 61.1 Å². The first kappa shape index (κ1) is 20.1. The van der Waals surface area contributed by atoms with Gasteiger partial charge in [-0.05, 0) is 19.4 Å². The van der Waals surface area contributed by atoms with Gasteiger partial charge in [-0.2, -0.15) is 0 Å². The Bertz CT molecular complexity index is 1020. The molecule has 30 heavy (non-hydrogen) atoms. The fourth-order valence-corrected chi connectivity index (χ4v) is 3.91. The Labute approximate surface area is 178 Å². The van der Waals surface area contributed by atoms with Crippen LogP contribution in [0.5, 0.6) is 0 Å². The summed E-state index contributed by atoms with van der Waals surface area (Å²) in [7, 11) is 0. The van der Waals surface area contributed by atoms with Gasteiger partial charge in [-0.25, -0.2) is 9.97 Å². The van der Waals surface area contributed by atoms with Crippen LogP contribution in [0.4, 0.5) is 5.82 Å². The van der Waals surface area contributed by atoms with Gasteiger partial charge < -0.3 is 9.80 Å². The van der Waals surface area contributed by atoms with Crippen LogP contribution in [-0.2, 0) is 11.2 Å². The van der Waals surface area contributed by atoms with Crippen LogP contribution in [0.3, 0.4) is 0 Å². The van der Waals surface area contributed by atoms with Crippen molar-refractivity contribution in [2.24, 2.45) is 0 Å². The average molecular weight is 401 g/mol. The number of hydrogen-bond donors (Lipinski definition) is 0. The summed E-state index contributed by atoms with van der Waals surface area (Å²) in [5, 5.41) is 0. The van der Waals surface area contributed by atoms with Gasteiger partial charge in [0.25, 0.3) is 0 Å². The van der Waals surface area contributed by atoms with Gasteiger partial charge in [-0.3, -0.25) is 4.79 Å². The Morgan fingerprint density at radius 2 is 1.57 bits per heavy atom. The van der Waals surface area contributed by atoms with Crippen LogP contribution in [-0.4, -0.2) is 47.0 Å². The van der Waals surface area contributed by atoms with Gasteiger partial charge in [0, 0.05) is 56.3 Å². The van der Waals surface area contributed by atoms with Crippen molar-refractivity contribution in [3.63, 3.8) is 0 Å². The van der Waals surface area contributed by atoms with Gasteiger partial charge in [0.05, 0.1) is 0 Å². The summed E-state index contributed by atoms with van der Waals surface area (Å²) >= 11 is 0. The highest BCUT2D eigenvalue weighted by Crippen LogP contribution is 2.28. The number of piperazine rings is 1. The zero-order valence-electron chi connectivity index (χ0n) is 17.9. The van der Waals surface area contributed by atoms with Crippen molar-refractivity contribution in [3.8, 4) is 11.4 Å². The Hall–Kier alpha value is -3.21. The molecule has 2 heterocycles. The number of benzene rings is 2. The number of rotatable bonds is 4. The van der Waals surface area contributed by atoms with E-state index in [1.807, 2.05) is 35.2 Å². The Balaban J connectivity index is 1.72. The van der Waals surface area contributed by atoms with Crippen LogP contribution in [0, 0.1) is 13.8 Å². The van der Waals surface area contributed by atoms with Gasteiger partial charge in [0.2, 0.25) is 5.91 Å². The molecule has 4 rings (SSSR count). The molecule has 1 aliphatic rings. The molecule has 3 aromatic rings. The lowest BCUT2D eigenvalue weighted by Crippen LogP contribution is -2.48. The predicted molar refractivity (Wildman–Crippen MR) is 121 cm³/mol. The number of hydrogen-bond acceptors (Lipinski definition) is 4. The first-order chi connectivity index (χ1) is 14.5. The molecule has 0 unspecified atom stereocenters. The van der Waals surface area contributed by atoms with E-state index >= 15 is 0 Å². The molecule has 0 N–H and O–H groups in total. The van der Waals surface area contributed by atoms with E-state index in [9.17, 15) is 4.79 Å².